The van der Waals surface area contributed by atoms with Gasteiger partial charge in [-0.25, -0.2) is 0 Å². The quantitative estimate of drug-likeness (QED) is 0.718. The van der Waals surface area contributed by atoms with Crippen molar-refractivity contribution in [1.29, 1.82) is 0 Å². The lowest BCUT2D eigenvalue weighted by atomic mass is 10.1. The number of hydrogen-bond donors (Lipinski definition) is 1. The molecule has 0 aliphatic carbocycles. The van der Waals surface area contributed by atoms with E-state index in [1.165, 1.54) is 11.3 Å². The largest absolute Gasteiger partial charge is 0.485 e. The molecule has 146 valence electrons. The maximum absolute atomic E-state index is 12.8. The van der Waals surface area contributed by atoms with Crippen molar-refractivity contribution in [2.24, 2.45) is 7.05 Å². The van der Waals surface area contributed by atoms with Gasteiger partial charge in [0.25, 0.3) is 5.91 Å². The van der Waals surface area contributed by atoms with Crippen molar-refractivity contribution < 1.29 is 14.3 Å². The highest BCUT2D eigenvalue weighted by Crippen LogP contribution is 2.39. The van der Waals surface area contributed by atoms with Crippen LogP contribution in [0.5, 0.6) is 11.5 Å². The molecule has 5 rings (SSSR count). The zero-order valence-corrected chi connectivity index (χ0v) is 16.2. The second-order valence-electron chi connectivity index (χ2n) is 6.95. The van der Waals surface area contributed by atoms with Crippen LogP contribution in [-0.4, -0.2) is 49.7 Å². The average Bonchev–Trinajstić information content (AvgIpc) is 3.39. The predicted molar refractivity (Wildman–Crippen MR) is 102 cm³/mol. The summed E-state index contributed by atoms with van der Waals surface area (Å²) in [4.78, 5) is 13.4. The number of hydrogen-bond acceptors (Lipinski definition) is 7. The van der Waals surface area contributed by atoms with E-state index < -0.39 is 0 Å². The van der Waals surface area contributed by atoms with Gasteiger partial charge in [0.15, 0.2) is 17.3 Å². The third kappa shape index (κ3) is 3.03. The summed E-state index contributed by atoms with van der Waals surface area (Å²) in [6.45, 7) is 1.74. The Labute approximate surface area is 165 Å². The van der Waals surface area contributed by atoms with Crippen molar-refractivity contribution in [2.75, 3.05) is 13.2 Å². The molecule has 1 amide bonds. The number of carbonyl (C=O) groups excluding carboxylic acids is 1. The summed E-state index contributed by atoms with van der Waals surface area (Å²) in [5, 5.41) is 17.9. The minimum atomic E-state index is -0.105. The van der Waals surface area contributed by atoms with Gasteiger partial charge in [0.05, 0.1) is 11.8 Å². The number of aryl methyl sites for hydroxylation is 2. The molecule has 28 heavy (non-hydrogen) atoms. The molecule has 3 aromatic rings. The Balaban J connectivity index is 1.29. The minimum Gasteiger partial charge on any atom is -0.485 e. The Bertz CT molecular complexity index is 1020. The maximum atomic E-state index is 12.8. The van der Waals surface area contributed by atoms with Crippen LogP contribution in [0.3, 0.4) is 0 Å². The van der Waals surface area contributed by atoms with Crippen LogP contribution < -0.4 is 14.8 Å². The number of aromatic nitrogens is 5. The predicted octanol–water partition coefficient (Wildman–Crippen LogP) is 1.65. The van der Waals surface area contributed by atoms with E-state index in [9.17, 15) is 4.79 Å². The minimum absolute atomic E-state index is 0.0678. The van der Waals surface area contributed by atoms with Gasteiger partial charge in [0.2, 0.25) is 0 Å². The van der Waals surface area contributed by atoms with Gasteiger partial charge in [-0.3, -0.25) is 9.48 Å². The van der Waals surface area contributed by atoms with Crippen LogP contribution in [0, 0.1) is 0 Å². The first kappa shape index (κ1) is 17.2. The lowest BCUT2D eigenvalue weighted by Crippen LogP contribution is -2.35. The molecule has 3 aromatic heterocycles. The van der Waals surface area contributed by atoms with Crippen LogP contribution in [0.1, 0.15) is 28.3 Å². The average molecular weight is 400 g/mol. The number of ether oxygens (including phenoxy) is 2. The van der Waals surface area contributed by atoms with E-state index in [0.717, 1.165) is 43.0 Å². The second kappa shape index (κ2) is 6.93. The van der Waals surface area contributed by atoms with Crippen LogP contribution >= 0.6 is 11.3 Å². The normalized spacial score (nSPS) is 18.4. The summed E-state index contributed by atoms with van der Waals surface area (Å²) in [5.74, 6) is 2.90. The molecule has 0 saturated carbocycles. The van der Waals surface area contributed by atoms with E-state index in [4.69, 9.17) is 9.47 Å². The second-order valence-corrected chi connectivity index (χ2v) is 7.83. The number of nitrogens with one attached hydrogen (secondary N) is 1. The highest BCUT2D eigenvalue weighted by molar-refractivity contribution is 7.12. The first-order valence-electron chi connectivity index (χ1n) is 9.28. The van der Waals surface area contributed by atoms with Gasteiger partial charge in [-0.15, -0.1) is 21.5 Å². The Kier molecular flexibility index (Phi) is 4.27. The summed E-state index contributed by atoms with van der Waals surface area (Å²) in [6.07, 6.45) is 6.13. The van der Waals surface area contributed by atoms with E-state index in [-0.39, 0.29) is 11.9 Å². The zero-order chi connectivity index (χ0) is 19.1. The lowest BCUT2D eigenvalue weighted by molar-refractivity contribution is 0.0928. The summed E-state index contributed by atoms with van der Waals surface area (Å²) < 4.78 is 15.0. The number of carbonyl (C=O) groups is 1. The fourth-order valence-corrected chi connectivity index (χ4v) is 4.49. The molecule has 10 heteroatoms. The molecular weight excluding hydrogens is 380 g/mol. The molecule has 1 atom stereocenters. The first-order valence-corrected chi connectivity index (χ1v) is 10.2. The number of amides is 1. The molecule has 1 N–H and O–H groups in total. The van der Waals surface area contributed by atoms with E-state index >= 15 is 0 Å². The van der Waals surface area contributed by atoms with Crippen molar-refractivity contribution in [2.45, 2.75) is 31.8 Å². The molecule has 0 radical (unpaired) electrons. The summed E-state index contributed by atoms with van der Waals surface area (Å²) >= 11 is 1.36. The van der Waals surface area contributed by atoms with Gasteiger partial charge in [-0.1, -0.05) is 0 Å². The van der Waals surface area contributed by atoms with Crippen LogP contribution in [-0.2, 0) is 20.0 Å². The van der Waals surface area contributed by atoms with Gasteiger partial charge in [0.1, 0.15) is 23.9 Å². The third-order valence-electron chi connectivity index (χ3n) is 5.05. The molecular formula is C18H20N6O3S. The molecule has 0 bridgehead atoms. The highest BCUT2D eigenvalue weighted by Gasteiger charge is 2.27. The molecule has 2 aliphatic heterocycles. The fourth-order valence-electron chi connectivity index (χ4n) is 3.65. The van der Waals surface area contributed by atoms with Gasteiger partial charge in [0, 0.05) is 37.6 Å². The lowest BCUT2D eigenvalue weighted by Gasteiger charge is -2.18. The van der Waals surface area contributed by atoms with Gasteiger partial charge in [-0.05, 0) is 12.8 Å². The Morgan fingerprint density at radius 3 is 3.04 bits per heavy atom. The summed E-state index contributed by atoms with van der Waals surface area (Å²) in [7, 11) is 1.88. The Morgan fingerprint density at radius 2 is 2.18 bits per heavy atom. The molecule has 2 aliphatic rings. The standard InChI is InChI=1S/C18H20N6O3S/c1-23-9-11(8-19-23)17-22-21-14-3-2-12(4-5-24(14)17)20-18(25)16-15-13(10-28-16)26-6-7-27-15/h8-10,12H,2-7H2,1H3,(H,20,25). The van der Waals surface area contributed by atoms with E-state index in [0.29, 0.717) is 29.6 Å². The fraction of sp³-hybridized carbons (Fsp3) is 0.444. The van der Waals surface area contributed by atoms with Gasteiger partial charge in [-0.2, -0.15) is 5.10 Å². The molecule has 1 unspecified atom stereocenters. The van der Waals surface area contributed by atoms with E-state index in [1.54, 1.807) is 10.9 Å². The molecule has 0 saturated heterocycles. The molecule has 0 fully saturated rings. The van der Waals surface area contributed by atoms with Crippen LogP contribution in [0.2, 0.25) is 0 Å². The molecule has 5 heterocycles. The van der Waals surface area contributed by atoms with Crippen molar-refractivity contribution in [3.05, 3.63) is 28.5 Å². The van der Waals surface area contributed by atoms with Gasteiger partial charge >= 0.3 is 0 Å². The molecule has 9 nitrogen and oxygen atoms in total. The highest BCUT2D eigenvalue weighted by atomic mass is 32.1. The zero-order valence-electron chi connectivity index (χ0n) is 15.4. The topological polar surface area (TPSA) is 96.1 Å². The smallest absolute Gasteiger partial charge is 0.265 e. The van der Waals surface area contributed by atoms with Gasteiger partial charge < -0.3 is 19.4 Å². The summed E-state index contributed by atoms with van der Waals surface area (Å²) in [5.41, 5.74) is 0.950. The van der Waals surface area contributed by atoms with Crippen molar-refractivity contribution >= 4 is 17.2 Å². The van der Waals surface area contributed by atoms with Crippen LogP contribution in [0.25, 0.3) is 11.4 Å². The Hall–Kier alpha value is -2.88. The Morgan fingerprint density at radius 1 is 1.29 bits per heavy atom. The van der Waals surface area contributed by atoms with Crippen LogP contribution in [0.4, 0.5) is 0 Å². The van der Waals surface area contributed by atoms with Crippen molar-refractivity contribution in [3.8, 4) is 22.9 Å². The van der Waals surface area contributed by atoms with Crippen molar-refractivity contribution in [3.63, 3.8) is 0 Å². The molecule has 0 aromatic carbocycles. The number of thiophene rings is 1. The number of nitrogens with zero attached hydrogens (tertiary/aromatic N) is 5. The van der Waals surface area contributed by atoms with Crippen LogP contribution in [0.15, 0.2) is 17.8 Å². The van der Waals surface area contributed by atoms with Crippen molar-refractivity contribution in [1.82, 2.24) is 29.9 Å². The first-order chi connectivity index (χ1) is 13.7. The van der Waals surface area contributed by atoms with E-state index in [2.05, 4.69) is 25.2 Å². The van der Waals surface area contributed by atoms with E-state index in [1.807, 2.05) is 18.6 Å². The maximum Gasteiger partial charge on any atom is 0.265 e. The monoisotopic (exact) mass is 400 g/mol. The number of fused-ring (bicyclic) bond motifs is 2. The molecule has 0 spiro atoms. The SMILES string of the molecule is Cn1cc(-c2nnc3n2CCC(NC(=O)c2scc4c2OCCO4)CC3)cn1. The number of rotatable bonds is 3. The third-order valence-corrected chi connectivity index (χ3v) is 5.99. The summed E-state index contributed by atoms with van der Waals surface area (Å²) in [6, 6.07) is 0.0678.